The molecule has 0 fully saturated rings. The maximum atomic E-state index is 13.1. The van der Waals surface area contributed by atoms with Crippen molar-refractivity contribution in [1.29, 1.82) is 0 Å². The van der Waals surface area contributed by atoms with E-state index in [0.29, 0.717) is 5.76 Å². The number of carbonyl (C=O) groups is 1. The van der Waals surface area contributed by atoms with Gasteiger partial charge in [0.05, 0.1) is 12.2 Å². The first-order chi connectivity index (χ1) is 15.0. The molecule has 4 aromatic rings. The van der Waals surface area contributed by atoms with Crippen LogP contribution in [0, 0.1) is 20.8 Å². The number of amides is 1. The normalized spacial score (nSPS) is 12.4. The van der Waals surface area contributed by atoms with Crippen LogP contribution in [0.25, 0.3) is 11.3 Å². The third-order valence-corrected chi connectivity index (χ3v) is 6.03. The van der Waals surface area contributed by atoms with Crippen molar-refractivity contribution in [3.8, 4) is 11.3 Å². The van der Waals surface area contributed by atoms with Crippen LogP contribution in [0.1, 0.15) is 44.1 Å². The van der Waals surface area contributed by atoms with E-state index in [1.54, 1.807) is 0 Å². The number of benzene rings is 2. The van der Waals surface area contributed by atoms with E-state index in [9.17, 15) is 4.79 Å². The Morgan fingerprint density at radius 1 is 1.03 bits per heavy atom. The van der Waals surface area contributed by atoms with Gasteiger partial charge in [-0.3, -0.25) is 9.48 Å². The van der Waals surface area contributed by atoms with Crippen LogP contribution in [-0.2, 0) is 19.4 Å². The molecule has 31 heavy (non-hydrogen) atoms. The minimum atomic E-state index is -0.213. The fourth-order valence-corrected chi connectivity index (χ4v) is 4.41. The van der Waals surface area contributed by atoms with Crippen molar-refractivity contribution >= 4 is 11.6 Å². The first kappa shape index (κ1) is 19.4. The van der Waals surface area contributed by atoms with E-state index in [4.69, 9.17) is 9.52 Å². The number of para-hydroxylation sites is 1. The number of carbonyl (C=O) groups excluding carboxylic acids is 1. The summed E-state index contributed by atoms with van der Waals surface area (Å²) in [5, 5.41) is 7.91. The molecule has 2 aromatic carbocycles. The lowest BCUT2D eigenvalue weighted by atomic mass is 9.93. The molecule has 5 nitrogen and oxygen atoms in total. The number of nitrogens with one attached hydrogen (secondary N) is 1. The second-order valence-electron chi connectivity index (χ2n) is 8.26. The number of hydrogen-bond acceptors (Lipinski definition) is 3. The molecule has 2 aromatic heterocycles. The Labute approximate surface area is 181 Å². The molecule has 2 heterocycles. The van der Waals surface area contributed by atoms with Gasteiger partial charge in [0.15, 0.2) is 5.76 Å². The lowest BCUT2D eigenvalue weighted by Crippen LogP contribution is -2.14. The average Bonchev–Trinajstić information content (AvgIpc) is 3.31. The molecule has 0 aliphatic heterocycles. The van der Waals surface area contributed by atoms with Crippen molar-refractivity contribution in [2.75, 3.05) is 5.32 Å². The monoisotopic (exact) mass is 411 g/mol. The highest BCUT2D eigenvalue weighted by Gasteiger charge is 2.30. The molecule has 1 amide bonds. The molecule has 156 valence electrons. The van der Waals surface area contributed by atoms with Crippen LogP contribution in [0.4, 0.5) is 5.69 Å². The van der Waals surface area contributed by atoms with E-state index >= 15 is 0 Å². The topological polar surface area (TPSA) is 60.1 Å². The van der Waals surface area contributed by atoms with Gasteiger partial charge in [0, 0.05) is 29.4 Å². The number of hydrogen-bond donors (Lipinski definition) is 1. The summed E-state index contributed by atoms with van der Waals surface area (Å²) in [7, 11) is 0. The van der Waals surface area contributed by atoms with Crippen LogP contribution in [-0.4, -0.2) is 15.7 Å². The van der Waals surface area contributed by atoms with Crippen molar-refractivity contribution in [1.82, 2.24) is 9.78 Å². The van der Waals surface area contributed by atoms with E-state index in [0.717, 1.165) is 58.8 Å². The van der Waals surface area contributed by atoms with Crippen molar-refractivity contribution < 1.29 is 9.21 Å². The second kappa shape index (κ2) is 7.58. The zero-order chi connectivity index (χ0) is 21.5. The largest absolute Gasteiger partial charge is 0.455 e. The highest BCUT2D eigenvalue weighted by atomic mass is 16.4. The molecular weight excluding hydrogens is 386 g/mol. The van der Waals surface area contributed by atoms with Crippen LogP contribution in [0.2, 0.25) is 0 Å². The molecule has 1 aliphatic carbocycles. The van der Waals surface area contributed by atoms with Gasteiger partial charge in [-0.15, -0.1) is 0 Å². The van der Waals surface area contributed by atoms with Gasteiger partial charge in [0.1, 0.15) is 5.76 Å². The van der Waals surface area contributed by atoms with E-state index in [2.05, 4.69) is 23.6 Å². The SMILES string of the molecule is Cc1cccc(C)c1NC(=O)c1oc2c(c1C)-c1nn(Cc3ccccc3)cc1CC2. The van der Waals surface area contributed by atoms with Gasteiger partial charge in [-0.2, -0.15) is 5.10 Å². The quantitative estimate of drug-likeness (QED) is 0.485. The van der Waals surface area contributed by atoms with Gasteiger partial charge in [0.25, 0.3) is 5.91 Å². The van der Waals surface area contributed by atoms with Gasteiger partial charge < -0.3 is 9.73 Å². The fourth-order valence-electron chi connectivity index (χ4n) is 4.41. The molecule has 0 atom stereocenters. The number of aromatic nitrogens is 2. The van der Waals surface area contributed by atoms with E-state index in [1.165, 1.54) is 11.1 Å². The average molecular weight is 412 g/mol. The Balaban J connectivity index is 1.47. The van der Waals surface area contributed by atoms with Crippen LogP contribution in [0.5, 0.6) is 0 Å². The van der Waals surface area contributed by atoms with Crippen LogP contribution < -0.4 is 5.32 Å². The van der Waals surface area contributed by atoms with Gasteiger partial charge in [-0.25, -0.2) is 0 Å². The molecular formula is C26H25N3O2. The molecule has 0 saturated carbocycles. The summed E-state index contributed by atoms with van der Waals surface area (Å²) in [5.41, 5.74) is 8.07. The van der Waals surface area contributed by atoms with E-state index in [1.807, 2.05) is 61.9 Å². The van der Waals surface area contributed by atoms with E-state index < -0.39 is 0 Å². The Hall–Kier alpha value is -3.60. The maximum Gasteiger partial charge on any atom is 0.291 e. The summed E-state index contributed by atoms with van der Waals surface area (Å²) in [6, 6.07) is 16.3. The number of furan rings is 1. The third-order valence-electron chi connectivity index (χ3n) is 6.03. The van der Waals surface area contributed by atoms with Gasteiger partial charge in [0.2, 0.25) is 0 Å². The molecule has 1 N–H and O–H groups in total. The summed E-state index contributed by atoms with van der Waals surface area (Å²) < 4.78 is 8.06. The van der Waals surface area contributed by atoms with Gasteiger partial charge >= 0.3 is 0 Å². The second-order valence-corrected chi connectivity index (χ2v) is 8.26. The van der Waals surface area contributed by atoms with Crippen LogP contribution in [0.3, 0.4) is 0 Å². The first-order valence-corrected chi connectivity index (χ1v) is 10.6. The van der Waals surface area contributed by atoms with Crippen LogP contribution in [0.15, 0.2) is 59.1 Å². The van der Waals surface area contributed by atoms with Gasteiger partial charge in [-0.1, -0.05) is 48.5 Å². The van der Waals surface area contributed by atoms with Crippen molar-refractivity contribution in [3.63, 3.8) is 0 Å². The molecule has 5 rings (SSSR count). The number of aryl methyl sites for hydroxylation is 4. The maximum absolute atomic E-state index is 13.1. The Kier molecular flexibility index (Phi) is 4.74. The minimum Gasteiger partial charge on any atom is -0.455 e. The summed E-state index contributed by atoms with van der Waals surface area (Å²) in [6.07, 6.45) is 3.76. The predicted octanol–water partition coefficient (Wildman–Crippen LogP) is 5.47. The molecule has 0 unspecified atom stereocenters. The zero-order valence-corrected chi connectivity index (χ0v) is 18.0. The Bertz CT molecular complexity index is 1260. The predicted molar refractivity (Wildman–Crippen MR) is 121 cm³/mol. The Morgan fingerprint density at radius 2 is 1.77 bits per heavy atom. The van der Waals surface area contributed by atoms with Crippen molar-refractivity contribution in [2.45, 2.75) is 40.2 Å². The standard InChI is InChI=1S/C26H25N3O2/c1-16-8-7-9-17(2)23(16)27-26(30)25-18(3)22-21(31-25)13-12-20-15-29(28-24(20)22)14-19-10-5-4-6-11-19/h4-11,15H,12-14H2,1-3H3,(H,27,30). The molecule has 0 spiro atoms. The summed E-state index contributed by atoms with van der Waals surface area (Å²) in [4.78, 5) is 13.1. The minimum absolute atomic E-state index is 0.213. The summed E-state index contributed by atoms with van der Waals surface area (Å²) >= 11 is 0. The lowest BCUT2D eigenvalue weighted by Gasteiger charge is -2.10. The van der Waals surface area contributed by atoms with Crippen LogP contribution >= 0.6 is 0 Å². The van der Waals surface area contributed by atoms with E-state index in [-0.39, 0.29) is 5.91 Å². The molecule has 1 aliphatic rings. The fraction of sp³-hybridized carbons (Fsp3) is 0.231. The molecule has 5 heteroatoms. The molecule has 0 bridgehead atoms. The van der Waals surface area contributed by atoms with Crippen molar-refractivity contribution in [3.05, 3.63) is 94.1 Å². The Morgan fingerprint density at radius 3 is 2.52 bits per heavy atom. The summed E-state index contributed by atoms with van der Waals surface area (Å²) in [6.45, 7) is 6.66. The smallest absolute Gasteiger partial charge is 0.291 e. The first-order valence-electron chi connectivity index (χ1n) is 10.6. The van der Waals surface area contributed by atoms with Gasteiger partial charge in [-0.05, 0) is 49.4 Å². The highest BCUT2D eigenvalue weighted by Crippen LogP contribution is 2.38. The van der Waals surface area contributed by atoms with Crippen molar-refractivity contribution in [2.24, 2.45) is 0 Å². The highest BCUT2D eigenvalue weighted by molar-refractivity contribution is 6.05. The molecule has 0 saturated heterocycles. The third kappa shape index (κ3) is 3.46. The zero-order valence-electron chi connectivity index (χ0n) is 18.0. The number of anilines is 1. The number of rotatable bonds is 4. The lowest BCUT2D eigenvalue weighted by molar-refractivity contribution is 0.0994. The molecule has 0 radical (unpaired) electrons. The summed E-state index contributed by atoms with van der Waals surface area (Å²) in [5.74, 6) is 1.01. The number of fused-ring (bicyclic) bond motifs is 3. The number of nitrogens with zero attached hydrogens (tertiary/aromatic N) is 2.